The number of benzene rings is 2. The van der Waals surface area contributed by atoms with Gasteiger partial charge in [-0.05, 0) is 43.3 Å². The summed E-state index contributed by atoms with van der Waals surface area (Å²) in [5, 5.41) is 12.0. The van der Waals surface area contributed by atoms with Crippen molar-refractivity contribution in [1.82, 2.24) is 14.8 Å². The van der Waals surface area contributed by atoms with E-state index in [9.17, 15) is 9.59 Å². The number of rotatable bonds is 9. The normalized spacial score (nSPS) is 10.5. The highest BCUT2D eigenvalue weighted by atomic mass is 79.9. The maximum atomic E-state index is 12.4. The number of allylic oxidation sites excluding steroid dienone is 1. The van der Waals surface area contributed by atoms with E-state index in [-0.39, 0.29) is 17.6 Å². The van der Waals surface area contributed by atoms with Crippen LogP contribution in [0.4, 0.5) is 5.69 Å². The number of aromatic nitrogens is 3. The number of hydrogen-bond acceptors (Lipinski definition) is 6. The molecule has 2 aromatic carbocycles. The average Bonchev–Trinajstić information content (AvgIpc) is 3.16. The molecule has 0 atom stereocenters. The van der Waals surface area contributed by atoms with Gasteiger partial charge in [-0.15, -0.1) is 16.8 Å². The van der Waals surface area contributed by atoms with Crippen molar-refractivity contribution in [2.24, 2.45) is 0 Å². The summed E-state index contributed by atoms with van der Waals surface area (Å²) >= 11 is 4.72. The molecule has 0 aliphatic heterocycles. The van der Waals surface area contributed by atoms with Gasteiger partial charge in [-0.2, -0.15) is 0 Å². The SMILES string of the molecule is C=CCn1c(SCC(=O)Nc2ccc(C(=O)OCC)cc2)nnc1-c1ccc(Br)cc1. The Labute approximate surface area is 193 Å². The van der Waals surface area contributed by atoms with E-state index in [0.717, 1.165) is 10.0 Å². The fourth-order valence-corrected chi connectivity index (χ4v) is 3.75. The van der Waals surface area contributed by atoms with Crippen LogP contribution in [0.1, 0.15) is 17.3 Å². The Morgan fingerprint density at radius 2 is 1.87 bits per heavy atom. The number of thioether (sulfide) groups is 1. The molecule has 0 saturated heterocycles. The molecule has 160 valence electrons. The van der Waals surface area contributed by atoms with E-state index in [2.05, 4.69) is 38.0 Å². The minimum atomic E-state index is -0.390. The topological polar surface area (TPSA) is 86.1 Å². The molecule has 1 N–H and O–H groups in total. The molecule has 0 radical (unpaired) electrons. The number of nitrogens with one attached hydrogen (secondary N) is 1. The zero-order valence-electron chi connectivity index (χ0n) is 16.9. The minimum absolute atomic E-state index is 0.162. The van der Waals surface area contributed by atoms with E-state index in [1.807, 2.05) is 28.8 Å². The van der Waals surface area contributed by atoms with Crippen LogP contribution >= 0.6 is 27.7 Å². The highest BCUT2D eigenvalue weighted by Gasteiger charge is 2.15. The van der Waals surface area contributed by atoms with Crippen LogP contribution in [-0.2, 0) is 16.1 Å². The molecule has 0 saturated carbocycles. The summed E-state index contributed by atoms with van der Waals surface area (Å²) in [6.45, 7) is 6.39. The first-order chi connectivity index (χ1) is 15.0. The van der Waals surface area contributed by atoms with Gasteiger partial charge in [0, 0.05) is 22.3 Å². The van der Waals surface area contributed by atoms with Crippen LogP contribution in [0.5, 0.6) is 0 Å². The number of anilines is 1. The number of ether oxygens (including phenoxy) is 1. The lowest BCUT2D eigenvalue weighted by atomic mass is 10.2. The molecule has 9 heteroatoms. The van der Waals surface area contributed by atoms with E-state index >= 15 is 0 Å². The maximum Gasteiger partial charge on any atom is 0.338 e. The first kappa shape index (κ1) is 22.8. The van der Waals surface area contributed by atoms with Crippen LogP contribution in [0.2, 0.25) is 0 Å². The largest absolute Gasteiger partial charge is 0.462 e. The lowest BCUT2D eigenvalue weighted by Crippen LogP contribution is -2.15. The molecule has 0 bridgehead atoms. The molecule has 31 heavy (non-hydrogen) atoms. The van der Waals surface area contributed by atoms with Crippen LogP contribution < -0.4 is 5.32 Å². The Morgan fingerprint density at radius 3 is 2.52 bits per heavy atom. The molecule has 3 rings (SSSR count). The van der Waals surface area contributed by atoms with Gasteiger partial charge in [0.15, 0.2) is 11.0 Å². The van der Waals surface area contributed by atoms with Crippen LogP contribution in [0.3, 0.4) is 0 Å². The number of amides is 1. The summed E-state index contributed by atoms with van der Waals surface area (Å²) in [4.78, 5) is 24.1. The van der Waals surface area contributed by atoms with Crippen molar-refractivity contribution in [3.63, 3.8) is 0 Å². The minimum Gasteiger partial charge on any atom is -0.462 e. The third-order valence-corrected chi connectivity index (χ3v) is 5.64. The first-order valence-corrected chi connectivity index (χ1v) is 11.3. The highest BCUT2D eigenvalue weighted by molar-refractivity contribution is 9.10. The Bertz CT molecular complexity index is 1070. The highest BCUT2D eigenvalue weighted by Crippen LogP contribution is 2.25. The number of nitrogens with zero attached hydrogens (tertiary/aromatic N) is 3. The van der Waals surface area contributed by atoms with Crippen LogP contribution in [0, 0.1) is 0 Å². The van der Waals surface area contributed by atoms with Gasteiger partial charge in [0.2, 0.25) is 5.91 Å². The predicted molar refractivity (Wildman–Crippen MR) is 125 cm³/mol. The van der Waals surface area contributed by atoms with Crippen molar-refractivity contribution in [1.29, 1.82) is 0 Å². The maximum absolute atomic E-state index is 12.4. The second kappa shape index (κ2) is 10.9. The summed E-state index contributed by atoms with van der Waals surface area (Å²) in [5.41, 5.74) is 1.96. The van der Waals surface area contributed by atoms with Gasteiger partial charge in [0.1, 0.15) is 0 Å². The second-order valence-electron chi connectivity index (χ2n) is 6.35. The van der Waals surface area contributed by atoms with Gasteiger partial charge < -0.3 is 10.1 Å². The van der Waals surface area contributed by atoms with E-state index in [1.165, 1.54) is 11.8 Å². The Hall–Kier alpha value is -2.91. The molecule has 1 heterocycles. The van der Waals surface area contributed by atoms with E-state index in [4.69, 9.17) is 4.74 Å². The molecule has 7 nitrogen and oxygen atoms in total. The number of hydrogen-bond donors (Lipinski definition) is 1. The monoisotopic (exact) mass is 500 g/mol. The zero-order valence-corrected chi connectivity index (χ0v) is 19.3. The van der Waals surface area contributed by atoms with Gasteiger partial charge >= 0.3 is 5.97 Å². The molecule has 0 spiro atoms. The van der Waals surface area contributed by atoms with Crippen molar-refractivity contribution in [2.75, 3.05) is 17.7 Å². The fraction of sp³-hybridized carbons (Fsp3) is 0.182. The molecule has 1 aromatic heterocycles. The molecule has 1 amide bonds. The van der Waals surface area contributed by atoms with E-state index in [0.29, 0.717) is 35.4 Å². The van der Waals surface area contributed by atoms with E-state index < -0.39 is 0 Å². The lowest BCUT2D eigenvalue weighted by molar-refractivity contribution is -0.113. The summed E-state index contributed by atoms with van der Waals surface area (Å²) in [7, 11) is 0. The number of carbonyl (C=O) groups excluding carboxylic acids is 2. The fourth-order valence-electron chi connectivity index (χ4n) is 2.73. The summed E-state index contributed by atoms with van der Waals surface area (Å²) in [5.74, 6) is 0.297. The van der Waals surface area contributed by atoms with Gasteiger partial charge in [-0.1, -0.05) is 45.9 Å². The van der Waals surface area contributed by atoms with Crippen LogP contribution in [0.25, 0.3) is 11.4 Å². The lowest BCUT2D eigenvalue weighted by Gasteiger charge is -2.09. The molecular weight excluding hydrogens is 480 g/mol. The molecular formula is C22H21BrN4O3S. The van der Waals surface area contributed by atoms with Crippen LogP contribution in [-0.4, -0.2) is 39.0 Å². The summed E-state index contributed by atoms with van der Waals surface area (Å²) < 4.78 is 7.85. The second-order valence-corrected chi connectivity index (χ2v) is 8.21. The summed E-state index contributed by atoms with van der Waals surface area (Å²) in [6.07, 6.45) is 1.76. The van der Waals surface area contributed by atoms with Gasteiger partial charge in [-0.3, -0.25) is 9.36 Å². The van der Waals surface area contributed by atoms with Crippen molar-refractivity contribution in [2.45, 2.75) is 18.6 Å². The number of halogens is 1. The molecule has 0 aliphatic rings. The van der Waals surface area contributed by atoms with Crippen molar-refractivity contribution in [3.05, 3.63) is 71.2 Å². The van der Waals surface area contributed by atoms with Crippen LogP contribution in [0.15, 0.2) is 70.8 Å². The Kier molecular flexibility index (Phi) is 8.02. The van der Waals surface area contributed by atoms with E-state index in [1.54, 1.807) is 37.3 Å². The van der Waals surface area contributed by atoms with Gasteiger partial charge in [0.25, 0.3) is 0 Å². The quantitative estimate of drug-likeness (QED) is 0.258. The smallest absolute Gasteiger partial charge is 0.338 e. The molecule has 3 aromatic rings. The first-order valence-electron chi connectivity index (χ1n) is 9.51. The third kappa shape index (κ3) is 6.05. The Morgan fingerprint density at radius 1 is 1.16 bits per heavy atom. The Balaban J connectivity index is 1.64. The molecule has 0 fully saturated rings. The summed E-state index contributed by atoms with van der Waals surface area (Å²) in [6, 6.07) is 14.4. The number of esters is 1. The van der Waals surface area contributed by atoms with Gasteiger partial charge in [0.05, 0.1) is 17.9 Å². The van der Waals surface area contributed by atoms with Gasteiger partial charge in [-0.25, -0.2) is 4.79 Å². The van der Waals surface area contributed by atoms with Crippen molar-refractivity contribution >= 4 is 45.3 Å². The molecule has 0 unspecified atom stereocenters. The number of carbonyl (C=O) groups is 2. The predicted octanol–water partition coefficient (Wildman–Crippen LogP) is 4.80. The third-order valence-electron chi connectivity index (χ3n) is 4.14. The van der Waals surface area contributed by atoms with Crippen molar-refractivity contribution < 1.29 is 14.3 Å². The van der Waals surface area contributed by atoms with Crippen molar-refractivity contribution in [3.8, 4) is 11.4 Å². The zero-order chi connectivity index (χ0) is 22.2. The molecule has 0 aliphatic carbocycles. The standard InChI is InChI=1S/C22H21BrN4O3S/c1-3-13-27-20(15-5-9-17(23)10-6-15)25-26-22(27)31-14-19(28)24-18-11-7-16(8-12-18)21(29)30-4-2/h3,5-12H,1,4,13-14H2,2H3,(H,24,28). The average molecular weight is 501 g/mol.